The molecule has 0 atom stereocenters. The monoisotopic (exact) mass is 208 g/mol. The summed E-state index contributed by atoms with van der Waals surface area (Å²) in [4.78, 5) is 11.8. The fourth-order valence-electron chi connectivity index (χ4n) is 1.39. The minimum absolute atomic E-state index is 0.143. The van der Waals surface area contributed by atoms with Crippen LogP contribution in [0.2, 0.25) is 0 Å². The zero-order valence-corrected chi connectivity index (χ0v) is 9.32. The number of carbonyl (C=O) groups is 1. The Balaban J connectivity index is 2.90. The highest BCUT2D eigenvalue weighted by Crippen LogP contribution is 2.10. The van der Waals surface area contributed by atoms with Gasteiger partial charge in [-0.3, -0.25) is 4.79 Å². The van der Waals surface area contributed by atoms with Gasteiger partial charge < -0.3 is 9.47 Å². The predicted molar refractivity (Wildman–Crippen MR) is 58.0 cm³/mol. The van der Waals surface area contributed by atoms with Crippen LogP contribution in [0.25, 0.3) is 0 Å². The van der Waals surface area contributed by atoms with Gasteiger partial charge >= 0.3 is 0 Å². The highest BCUT2D eigenvalue weighted by Gasteiger charge is 2.18. The molecule has 0 radical (unpaired) electrons. The topological polar surface area (TPSA) is 35.5 Å². The van der Waals surface area contributed by atoms with Crippen LogP contribution in [0.1, 0.15) is 22.8 Å². The van der Waals surface area contributed by atoms with Gasteiger partial charge in [-0.1, -0.05) is 25.1 Å². The summed E-state index contributed by atoms with van der Waals surface area (Å²) in [6.45, 7) is 2.05. The number of hydrogen-bond donors (Lipinski definition) is 0. The molecule has 0 aliphatic carbocycles. The summed E-state index contributed by atoms with van der Waals surface area (Å²) in [6, 6.07) is 7.50. The first-order valence-corrected chi connectivity index (χ1v) is 4.91. The van der Waals surface area contributed by atoms with Crippen molar-refractivity contribution in [3.05, 3.63) is 35.4 Å². The Hall–Kier alpha value is -1.19. The van der Waals surface area contributed by atoms with Crippen LogP contribution in [-0.4, -0.2) is 26.3 Å². The molecule has 0 aliphatic rings. The molecule has 15 heavy (non-hydrogen) atoms. The molecule has 0 bridgehead atoms. The van der Waals surface area contributed by atoms with Crippen molar-refractivity contribution in [2.24, 2.45) is 0 Å². The molecular weight excluding hydrogens is 192 g/mol. The maximum absolute atomic E-state index is 11.8. The number of hydrogen-bond acceptors (Lipinski definition) is 3. The quantitative estimate of drug-likeness (QED) is 0.548. The zero-order valence-electron chi connectivity index (χ0n) is 9.32. The van der Waals surface area contributed by atoms with Crippen molar-refractivity contribution in [1.29, 1.82) is 0 Å². The Morgan fingerprint density at radius 2 is 2.00 bits per heavy atom. The van der Waals surface area contributed by atoms with Gasteiger partial charge in [0.1, 0.15) is 0 Å². The van der Waals surface area contributed by atoms with E-state index in [1.165, 1.54) is 14.2 Å². The number of Topliss-reactive ketones (excluding diaryl/α,β-unsaturated/α-hetero) is 1. The lowest BCUT2D eigenvalue weighted by molar-refractivity contribution is -0.0742. The number of aryl methyl sites for hydroxylation is 1. The van der Waals surface area contributed by atoms with Crippen LogP contribution in [0.4, 0.5) is 0 Å². The summed E-state index contributed by atoms with van der Waals surface area (Å²) >= 11 is 0. The second kappa shape index (κ2) is 5.63. The molecule has 0 amide bonds. The molecule has 0 aliphatic heterocycles. The first kappa shape index (κ1) is 11.9. The molecule has 0 aromatic heterocycles. The molecule has 3 nitrogen and oxygen atoms in total. The molecule has 0 saturated carbocycles. The van der Waals surface area contributed by atoms with Crippen molar-refractivity contribution in [2.75, 3.05) is 14.2 Å². The van der Waals surface area contributed by atoms with Gasteiger partial charge in [-0.25, -0.2) is 0 Å². The van der Waals surface area contributed by atoms with Gasteiger partial charge in [-0.05, 0) is 18.1 Å². The molecule has 0 unspecified atom stereocenters. The summed E-state index contributed by atoms with van der Waals surface area (Å²) in [5.74, 6) is -0.143. The third-order valence-corrected chi connectivity index (χ3v) is 2.26. The van der Waals surface area contributed by atoms with Crippen LogP contribution in [0.3, 0.4) is 0 Å². The lowest BCUT2D eigenvalue weighted by Gasteiger charge is -2.12. The Bertz CT molecular complexity index is 329. The van der Waals surface area contributed by atoms with Gasteiger partial charge in [0.2, 0.25) is 12.1 Å². The summed E-state index contributed by atoms with van der Waals surface area (Å²) in [6.07, 6.45) is 0.100. The number of ether oxygens (including phenoxy) is 2. The van der Waals surface area contributed by atoms with E-state index in [2.05, 4.69) is 0 Å². The second-order valence-corrected chi connectivity index (χ2v) is 3.22. The third kappa shape index (κ3) is 2.88. The smallest absolute Gasteiger partial charge is 0.222 e. The first-order chi connectivity index (χ1) is 7.22. The van der Waals surface area contributed by atoms with Gasteiger partial charge in [0.05, 0.1) is 0 Å². The van der Waals surface area contributed by atoms with Gasteiger partial charge in [0.15, 0.2) is 0 Å². The molecular formula is C12H16O3. The van der Waals surface area contributed by atoms with Crippen LogP contribution < -0.4 is 0 Å². The second-order valence-electron chi connectivity index (χ2n) is 3.22. The van der Waals surface area contributed by atoms with Crippen molar-refractivity contribution in [3.63, 3.8) is 0 Å². The lowest BCUT2D eigenvalue weighted by atomic mass is 10.1. The van der Waals surface area contributed by atoms with Crippen LogP contribution >= 0.6 is 0 Å². The van der Waals surface area contributed by atoms with Gasteiger partial charge in [-0.15, -0.1) is 0 Å². The molecule has 1 rings (SSSR count). The van der Waals surface area contributed by atoms with Crippen LogP contribution in [0, 0.1) is 0 Å². The first-order valence-electron chi connectivity index (χ1n) is 4.91. The minimum atomic E-state index is -0.808. The zero-order chi connectivity index (χ0) is 11.3. The van der Waals surface area contributed by atoms with E-state index in [9.17, 15) is 4.79 Å². The molecule has 0 heterocycles. The van der Waals surface area contributed by atoms with E-state index in [0.717, 1.165) is 12.0 Å². The highest BCUT2D eigenvalue weighted by atomic mass is 16.7. The summed E-state index contributed by atoms with van der Waals surface area (Å²) in [7, 11) is 2.91. The van der Waals surface area contributed by atoms with E-state index in [0.29, 0.717) is 5.56 Å². The lowest BCUT2D eigenvalue weighted by Crippen LogP contribution is -2.24. The number of methoxy groups -OCH3 is 2. The molecule has 0 fully saturated rings. The predicted octanol–water partition coefficient (Wildman–Crippen LogP) is 2.05. The summed E-state index contributed by atoms with van der Waals surface area (Å²) in [5, 5.41) is 0. The summed E-state index contributed by atoms with van der Waals surface area (Å²) in [5.41, 5.74) is 1.76. The fraction of sp³-hybridized carbons (Fsp3) is 0.417. The van der Waals surface area contributed by atoms with Gasteiger partial charge in [0, 0.05) is 19.8 Å². The molecule has 0 N–H and O–H groups in total. The van der Waals surface area contributed by atoms with Crippen molar-refractivity contribution in [2.45, 2.75) is 19.6 Å². The normalized spacial score (nSPS) is 10.7. The van der Waals surface area contributed by atoms with Crippen molar-refractivity contribution < 1.29 is 14.3 Å². The van der Waals surface area contributed by atoms with Crippen LogP contribution in [-0.2, 0) is 15.9 Å². The molecule has 1 aromatic rings. The maximum Gasteiger partial charge on any atom is 0.222 e. The average Bonchev–Trinajstić information content (AvgIpc) is 2.30. The van der Waals surface area contributed by atoms with Crippen LogP contribution in [0.5, 0.6) is 0 Å². The number of ketones is 1. The van der Waals surface area contributed by atoms with E-state index in [1.807, 2.05) is 25.1 Å². The van der Waals surface area contributed by atoms with E-state index in [4.69, 9.17) is 9.47 Å². The minimum Gasteiger partial charge on any atom is -0.349 e. The molecule has 0 spiro atoms. The van der Waals surface area contributed by atoms with Crippen molar-refractivity contribution in [1.82, 2.24) is 0 Å². The van der Waals surface area contributed by atoms with Crippen molar-refractivity contribution in [3.8, 4) is 0 Å². The van der Waals surface area contributed by atoms with E-state index < -0.39 is 6.29 Å². The Morgan fingerprint density at radius 3 is 2.53 bits per heavy atom. The largest absolute Gasteiger partial charge is 0.349 e. The van der Waals surface area contributed by atoms with E-state index in [1.54, 1.807) is 6.07 Å². The average molecular weight is 208 g/mol. The Labute approximate surface area is 90.0 Å². The van der Waals surface area contributed by atoms with Gasteiger partial charge in [0.25, 0.3) is 0 Å². The summed E-state index contributed by atoms with van der Waals surface area (Å²) < 4.78 is 9.83. The van der Waals surface area contributed by atoms with Crippen LogP contribution in [0.15, 0.2) is 24.3 Å². The molecule has 0 saturated heterocycles. The highest BCUT2D eigenvalue weighted by molar-refractivity contribution is 5.98. The molecule has 1 aromatic carbocycles. The number of rotatable bonds is 5. The van der Waals surface area contributed by atoms with Crippen molar-refractivity contribution >= 4 is 5.78 Å². The third-order valence-electron chi connectivity index (χ3n) is 2.26. The number of carbonyl (C=O) groups excluding carboxylic acids is 1. The van der Waals surface area contributed by atoms with E-state index in [-0.39, 0.29) is 5.78 Å². The SMILES string of the molecule is CCc1cccc(C(=O)C(OC)OC)c1. The molecule has 82 valence electrons. The van der Waals surface area contributed by atoms with Gasteiger partial charge in [-0.2, -0.15) is 0 Å². The fourth-order valence-corrected chi connectivity index (χ4v) is 1.39. The maximum atomic E-state index is 11.8. The standard InChI is InChI=1S/C12H16O3/c1-4-9-6-5-7-10(8-9)11(13)12(14-2)15-3/h5-8,12H,4H2,1-3H3. The van der Waals surface area contributed by atoms with E-state index >= 15 is 0 Å². The Kier molecular flexibility index (Phi) is 4.46. The Morgan fingerprint density at radius 1 is 1.33 bits per heavy atom. The number of benzene rings is 1. The molecule has 3 heteroatoms.